The van der Waals surface area contributed by atoms with Crippen molar-refractivity contribution in [2.24, 2.45) is 0 Å². The molecule has 2 aromatic carbocycles. The Hall–Kier alpha value is -1.52. The largest absolute Gasteiger partial charge is 0.341 e. The van der Waals surface area contributed by atoms with Gasteiger partial charge in [0.2, 0.25) is 5.91 Å². The summed E-state index contributed by atoms with van der Waals surface area (Å²) >= 11 is 7.47. The number of hydrogen-bond acceptors (Lipinski definition) is 2. The molecule has 0 aromatic heterocycles. The Kier molecular flexibility index (Phi) is 6.48. The molecule has 23 heavy (non-hydrogen) atoms. The summed E-state index contributed by atoms with van der Waals surface area (Å²) in [4.78, 5) is 13.9. The SMILES string of the molecule is CC(SCC(=O)N(C)Cc1ccc(F)cc1)c1ccc(Cl)cc1. The van der Waals surface area contributed by atoms with Crippen molar-refractivity contribution in [2.75, 3.05) is 12.8 Å². The van der Waals surface area contributed by atoms with E-state index in [2.05, 4.69) is 6.92 Å². The van der Waals surface area contributed by atoms with Gasteiger partial charge in [-0.1, -0.05) is 35.9 Å². The third kappa shape index (κ3) is 5.56. The van der Waals surface area contributed by atoms with Gasteiger partial charge in [0.15, 0.2) is 0 Å². The van der Waals surface area contributed by atoms with Gasteiger partial charge in [0, 0.05) is 23.9 Å². The minimum absolute atomic E-state index is 0.0557. The van der Waals surface area contributed by atoms with Crippen molar-refractivity contribution in [3.8, 4) is 0 Å². The summed E-state index contributed by atoms with van der Waals surface area (Å²) in [7, 11) is 1.76. The number of amides is 1. The predicted octanol–water partition coefficient (Wildman–Crippen LogP) is 4.93. The van der Waals surface area contributed by atoms with Crippen LogP contribution in [0.25, 0.3) is 0 Å². The smallest absolute Gasteiger partial charge is 0.232 e. The number of thioether (sulfide) groups is 1. The van der Waals surface area contributed by atoms with Gasteiger partial charge >= 0.3 is 0 Å². The number of nitrogens with zero attached hydrogens (tertiary/aromatic N) is 1. The maximum atomic E-state index is 12.9. The van der Waals surface area contributed by atoms with Gasteiger partial charge in [-0.15, -0.1) is 11.8 Å². The summed E-state index contributed by atoms with van der Waals surface area (Å²) in [6.07, 6.45) is 0. The zero-order chi connectivity index (χ0) is 16.8. The molecule has 2 aromatic rings. The van der Waals surface area contributed by atoms with Crippen LogP contribution in [0, 0.1) is 5.82 Å². The van der Waals surface area contributed by atoms with E-state index in [0.29, 0.717) is 17.3 Å². The molecule has 122 valence electrons. The van der Waals surface area contributed by atoms with E-state index >= 15 is 0 Å². The first-order valence-electron chi connectivity index (χ1n) is 7.31. The lowest BCUT2D eigenvalue weighted by molar-refractivity contribution is -0.127. The Labute approximate surface area is 145 Å². The molecule has 0 saturated heterocycles. The second-order valence-corrected chi connectivity index (χ2v) is 7.15. The van der Waals surface area contributed by atoms with Crippen LogP contribution < -0.4 is 0 Å². The van der Waals surface area contributed by atoms with Crippen molar-refractivity contribution < 1.29 is 9.18 Å². The summed E-state index contributed by atoms with van der Waals surface area (Å²) < 4.78 is 12.9. The maximum absolute atomic E-state index is 12.9. The fourth-order valence-corrected chi connectivity index (χ4v) is 3.18. The summed E-state index contributed by atoms with van der Waals surface area (Å²) in [5.41, 5.74) is 2.06. The highest BCUT2D eigenvalue weighted by molar-refractivity contribution is 8.00. The average Bonchev–Trinajstić information content (AvgIpc) is 2.55. The van der Waals surface area contributed by atoms with Crippen LogP contribution in [0.15, 0.2) is 48.5 Å². The van der Waals surface area contributed by atoms with E-state index < -0.39 is 0 Å². The summed E-state index contributed by atoms with van der Waals surface area (Å²) in [6.45, 7) is 2.55. The monoisotopic (exact) mass is 351 g/mol. The number of benzene rings is 2. The van der Waals surface area contributed by atoms with Gasteiger partial charge in [-0.25, -0.2) is 4.39 Å². The molecular formula is C18H19ClFNOS. The van der Waals surface area contributed by atoms with Gasteiger partial charge in [-0.05, 0) is 42.3 Å². The van der Waals surface area contributed by atoms with Crippen LogP contribution in [0.1, 0.15) is 23.3 Å². The van der Waals surface area contributed by atoms with Crippen LogP contribution in [0.3, 0.4) is 0 Å². The molecule has 0 aliphatic heterocycles. The van der Waals surface area contributed by atoms with E-state index in [0.717, 1.165) is 11.1 Å². The van der Waals surface area contributed by atoms with Gasteiger partial charge < -0.3 is 4.90 Å². The zero-order valence-electron chi connectivity index (χ0n) is 13.1. The highest BCUT2D eigenvalue weighted by Gasteiger charge is 2.13. The number of carbonyl (C=O) groups is 1. The number of carbonyl (C=O) groups excluding carboxylic acids is 1. The topological polar surface area (TPSA) is 20.3 Å². The van der Waals surface area contributed by atoms with Crippen molar-refractivity contribution in [1.82, 2.24) is 4.90 Å². The molecule has 0 N–H and O–H groups in total. The molecule has 0 saturated carbocycles. The Morgan fingerprint density at radius 2 is 1.78 bits per heavy atom. The van der Waals surface area contributed by atoms with Crippen molar-refractivity contribution >= 4 is 29.3 Å². The second-order valence-electron chi connectivity index (χ2n) is 5.38. The molecule has 1 atom stereocenters. The first-order chi connectivity index (χ1) is 11.0. The molecule has 2 nitrogen and oxygen atoms in total. The van der Waals surface area contributed by atoms with Crippen molar-refractivity contribution in [3.05, 3.63) is 70.5 Å². The fraction of sp³-hybridized carbons (Fsp3) is 0.278. The Bertz CT molecular complexity index is 645. The number of halogens is 2. The summed E-state index contributed by atoms with van der Waals surface area (Å²) in [5, 5.41) is 0.927. The predicted molar refractivity (Wildman–Crippen MR) is 95.2 cm³/mol. The number of hydrogen-bond donors (Lipinski definition) is 0. The Morgan fingerprint density at radius 1 is 1.17 bits per heavy atom. The van der Waals surface area contributed by atoms with Crippen LogP contribution in [-0.4, -0.2) is 23.6 Å². The van der Waals surface area contributed by atoms with Crippen LogP contribution in [0.2, 0.25) is 5.02 Å². The van der Waals surface area contributed by atoms with E-state index in [4.69, 9.17) is 11.6 Å². The first-order valence-corrected chi connectivity index (χ1v) is 8.74. The molecule has 0 aliphatic carbocycles. The molecule has 0 spiro atoms. The number of rotatable bonds is 6. The molecule has 1 unspecified atom stereocenters. The highest BCUT2D eigenvalue weighted by Crippen LogP contribution is 2.29. The normalized spacial score (nSPS) is 12.0. The van der Waals surface area contributed by atoms with Crippen molar-refractivity contribution in [1.29, 1.82) is 0 Å². The van der Waals surface area contributed by atoms with Crippen molar-refractivity contribution in [3.63, 3.8) is 0 Å². The lowest BCUT2D eigenvalue weighted by atomic mass is 10.2. The lowest BCUT2D eigenvalue weighted by Crippen LogP contribution is -2.28. The van der Waals surface area contributed by atoms with E-state index in [-0.39, 0.29) is 17.0 Å². The molecule has 0 bridgehead atoms. The van der Waals surface area contributed by atoms with E-state index in [1.165, 1.54) is 12.1 Å². The zero-order valence-corrected chi connectivity index (χ0v) is 14.7. The standard InChI is InChI=1S/C18H19ClFNOS/c1-13(15-5-7-16(19)8-6-15)23-12-18(22)21(2)11-14-3-9-17(20)10-4-14/h3-10,13H,11-12H2,1-2H3. The van der Waals surface area contributed by atoms with Crippen LogP contribution in [0.4, 0.5) is 4.39 Å². The minimum atomic E-state index is -0.268. The molecule has 0 radical (unpaired) electrons. The molecule has 1 amide bonds. The Morgan fingerprint density at radius 3 is 2.39 bits per heavy atom. The van der Waals surface area contributed by atoms with Crippen molar-refractivity contribution in [2.45, 2.75) is 18.7 Å². The molecule has 5 heteroatoms. The van der Waals surface area contributed by atoms with Gasteiger partial charge in [0.05, 0.1) is 5.75 Å². The highest BCUT2D eigenvalue weighted by atomic mass is 35.5. The summed E-state index contributed by atoms with van der Waals surface area (Å²) in [6, 6.07) is 13.9. The van der Waals surface area contributed by atoms with Gasteiger partial charge in [-0.2, -0.15) is 0 Å². The maximum Gasteiger partial charge on any atom is 0.232 e. The first kappa shape index (κ1) is 17.8. The molecule has 0 heterocycles. The average molecular weight is 352 g/mol. The van der Waals surface area contributed by atoms with Crippen LogP contribution in [0.5, 0.6) is 0 Å². The molecule has 0 fully saturated rings. The van der Waals surface area contributed by atoms with Crippen LogP contribution in [-0.2, 0) is 11.3 Å². The van der Waals surface area contributed by atoms with E-state index in [1.54, 1.807) is 35.8 Å². The molecule has 0 aliphatic rings. The van der Waals surface area contributed by atoms with Crippen LogP contribution >= 0.6 is 23.4 Å². The quantitative estimate of drug-likeness (QED) is 0.735. The Balaban J connectivity index is 1.83. The molecular weight excluding hydrogens is 333 g/mol. The van der Waals surface area contributed by atoms with E-state index in [9.17, 15) is 9.18 Å². The second kappa shape index (κ2) is 8.37. The third-order valence-electron chi connectivity index (χ3n) is 3.55. The minimum Gasteiger partial charge on any atom is -0.341 e. The lowest BCUT2D eigenvalue weighted by Gasteiger charge is -2.18. The van der Waals surface area contributed by atoms with E-state index in [1.807, 2.05) is 24.3 Å². The molecule has 2 rings (SSSR count). The fourth-order valence-electron chi connectivity index (χ4n) is 2.09. The van der Waals surface area contributed by atoms with Gasteiger partial charge in [0.1, 0.15) is 5.82 Å². The third-order valence-corrected chi connectivity index (χ3v) is 4.99. The summed E-state index contributed by atoms with van der Waals surface area (Å²) in [5.74, 6) is 0.191. The van der Waals surface area contributed by atoms with Gasteiger partial charge in [0.25, 0.3) is 0 Å². The van der Waals surface area contributed by atoms with Gasteiger partial charge in [-0.3, -0.25) is 4.79 Å².